The molecule has 5 heterocycles. The van der Waals surface area contributed by atoms with Gasteiger partial charge in [-0.3, -0.25) is 4.98 Å². The largest absolute Gasteiger partial charge is 0.356 e. The summed E-state index contributed by atoms with van der Waals surface area (Å²) in [7, 11) is 0. The molecule has 2 aliphatic rings. The number of hydrogen-bond donors (Lipinski definition) is 0. The summed E-state index contributed by atoms with van der Waals surface area (Å²) in [4.78, 5) is 22.2. The highest BCUT2D eigenvalue weighted by molar-refractivity contribution is 5.88. The van der Waals surface area contributed by atoms with Crippen LogP contribution in [-0.2, 0) is 0 Å². The molecule has 2 unspecified atom stereocenters. The van der Waals surface area contributed by atoms with Gasteiger partial charge in [-0.15, -0.1) is 0 Å². The second-order valence-corrected chi connectivity index (χ2v) is 6.94. The Hall–Kier alpha value is -3.27. The number of aromatic nitrogens is 4. The summed E-state index contributed by atoms with van der Waals surface area (Å²) < 4.78 is 0. The highest BCUT2D eigenvalue weighted by Gasteiger charge is 2.41. The van der Waals surface area contributed by atoms with Crippen molar-refractivity contribution < 1.29 is 0 Å². The first kappa shape index (κ1) is 15.0. The van der Waals surface area contributed by atoms with E-state index < -0.39 is 0 Å². The van der Waals surface area contributed by atoms with Crippen LogP contribution in [-0.4, -0.2) is 46.1 Å². The third-order valence-corrected chi connectivity index (χ3v) is 5.40. The predicted octanol–water partition coefficient (Wildman–Crippen LogP) is 1.86. The summed E-state index contributed by atoms with van der Waals surface area (Å²) >= 11 is 0. The molecule has 0 saturated carbocycles. The van der Waals surface area contributed by atoms with Gasteiger partial charge < -0.3 is 9.80 Å². The van der Waals surface area contributed by atoms with E-state index in [1.807, 2.05) is 18.2 Å². The van der Waals surface area contributed by atoms with Crippen LogP contribution in [0.25, 0.3) is 10.9 Å². The Balaban J connectivity index is 1.34. The molecule has 0 amide bonds. The zero-order valence-corrected chi connectivity index (χ0v) is 14.2. The molecule has 7 heteroatoms. The second-order valence-electron chi connectivity index (χ2n) is 6.94. The summed E-state index contributed by atoms with van der Waals surface area (Å²) in [6.45, 7) is 3.97. The number of nitrogens with zero attached hydrogens (tertiary/aromatic N) is 7. The van der Waals surface area contributed by atoms with E-state index in [0.29, 0.717) is 17.4 Å². The molecule has 2 atom stereocenters. The van der Waals surface area contributed by atoms with Crippen molar-refractivity contribution in [2.45, 2.75) is 0 Å². The summed E-state index contributed by atoms with van der Waals surface area (Å²) in [5.41, 5.74) is 1.49. The minimum absolute atomic E-state index is 0.597. The van der Waals surface area contributed by atoms with E-state index >= 15 is 0 Å². The van der Waals surface area contributed by atoms with Crippen LogP contribution in [0.5, 0.6) is 0 Å². The second kappa shape index (κ2) is 5.92. The van der Waals surface area contributed by atoms with Crippen molar-refractivity contribution in [3.63, 3.8) is 0 Å². The van der Waals surface area contributed by atoms with E-state index in [9.17, 15) is 0 Å². The Morgan fingerprint density at radius 1 is 0.923 bits per heavy atom. The number of pyridine rings is 2. The molecule has 0 radical (unpaired) electrons. The lowest BCUT2D eigenvalue weighted by Gasteiger charge is -2.23. The maximum Gasteiger partial charge on any atom is 0.140 e. The van der Waals surface area contributed by atoms with E-state index in [1.165, 1.54) is 0 Å². The van der Waals surface area contributed by atoms with E-state index in [4.69, 9.17) is 5.26 Å². The van der Waals surface area contributed by atoms with Crippen molar-refractivity contribution in [2.24, 2.45) is 11.8 Å². The fourth-order valence-corrected chi connectivity index (χ4v) is 4.14. The SMILES string of the molecule is N#Cc1ccc(N2CC3CN(c4ncnc5cnccc45)CC3C2)nc1. The standard InChI is InChI=1S/C19H17N7/c20-5-13-1-2-18(22-6-13)25-8-14-10-26(11-15(14)9-25)19-16-3-4-21-7-17(16)23-12-24-19/h1-4,6-7,12,14-15H,8-11H2. The molecule has 2 fully saturated rings. The fourth-order valence-electron chi connectivity index (χ4n) is 4.14. The van der Waals surface area contributed by atoms with E-state index in [-0.39, 0.29) is 0 Å². The van der Waals surface area contributed by atoms with Crippen molar-refractivity contribution >= 4 is 22.5 Å². The molecule has 128 valence electrons. The summed E-state index contributed by atoms with van der Waals surface area (Å²) in [5.74, 6) is 3.16. The molecule has 0 N–H and O–H groups in total. The van der Waals surface area contributed by atoms with Crippen molar-refractivity contribution in [3.05, 3.63) is 48.7 Å². The molecular weight excluding hydrogens is 326 g/mol. The number of hydrogen-bond acceptors (Lipinski definition) is 7. The van der Waals surface area contributed by atoms with Crippen LogP contribution >= 0.6 is 0 Å². The van der Waals surface area contributed by atoms with Gasteiger partial charge in [0.15, 0.2) is 0 Å². The van der Waals surface area contributed by atoms with Gasteiger partial charge in [0.05, 0.1) is 17.3 Å². The summed E-state index contributed by atoms with van der Waals surface area (Å²) in [5, 5.41) is 9.98. The Morgan fingerprint density at radius 2 is 1.73 bits per heavy atom. The number of anilines is 2. The molecule has 2 aliphatic heterocycles. The zero-order valence-electron chi connectivity index (χ0n) is 14.2. The van der Waals surface area contributed by atoms with Gasteiger partial charge in [-0.2, -0.15) is 5.26 Å². The van der Waals surface area contributed by atoms with Crippen LogP contribution in [0.1, 0.15) is 5.56 Å². The van der Waals surface area contributed by atoms with Gasteiger partial charge in [0, 0.05) is 55.8 Å². The monoisotopic (exact) mass is 343 g/mol. The van der Waals surface area contributed by atoms with Gasteiger partial charge in [0.25, 0.3) is 0 Å². The lowest BCUT2D eigenvalue weighted by atomic mass is 10.0. The summed E-state index contributed by atoms with van der Waals surface area (Å²) in [6.07, 6.45) is 6.86. The Kier molecular flexibility index (Phi) is 3.42. The highest BCUT2D eigenvalue weighted by atomic mass is 15.3. The van der Waals surface area contributed by atoms with Gasteiger partial charge in [0.2, 0.25) is 0 Å². The van der Waals surface area contributed by atoms with Gasteiger partial charge in [-0.25, -0.2) is 15.0 Å². The van der Waals surface area contributed by atoms with Crippen molar-refractivity contribution in [2.75, 3.05) is 36.0 Å². The average Bonchev–Trinajstić information content (AvgIpc) is 3.27. The van der Waals surface area contributed by atoms with Crippen LogP contribution in [0, 0.1) is 23.2 Å². The molecule has 0 aromatic carbocycles. The smallest absolute Gasteiger partial charge is 0.140 e. The lowest BCUT2D eigenvalue weighted by Crippen LogP contribution is -2.29. The van der Waals surface area contributed by atoms with Crippen molar-refractivity contribution in [1.29, 1.82) is 5.26 Å². The maximum atomic E-state index is 8.91. The lowest BCUT2D eigenvalue weighted by molar-refractivity contribution is 0.533. The molecule has 26 heavy (non-hydrogen) atoms. The van der Waals surface area contributed by atoms with Gasteiger partial charge >= 0.3 is 0 Å². The first-order chi connectivity index (χ1) is 12.8. The van der Waals surface area contributed by atoms with Crippen LogP contribution in [0.4, 0.5) is 11.6 Å². The Bertz CT molecular complexity index is 975. The quantitative estimate of drug-likeness (QED) is 0.702. The molecule has 2 saturated heterocycles. The minimum Gasteiger partial charge on any atom is -0.356 e. The van der Waals surface area contributed by atoms with Crippen LogP contribution in [0.3, 0.4) is 0 Å². The number of nitriles is 1. The minimum atomic E-state index is 0.597. The van der Waals surface area contributed by atoms with Crippen molar-refractivity contribution in [3.8, 4) is 6.07 Å². The van der Waals surface area contributed by atoms with E-state index in [1.54, 1.807) is 24.9 Å². The van der Waals surface area contributed by atoms with E-state index in [0.717, 1.165) is 48.7 Å². The van der Waals surface area contributed by atoms with Gasteiger partial charge in [-0.05, 0) is 18.2 Å². The van der Waals surface area contributed by atoms with Crippen LogP contribution in [0.15, 0.2) is 43.1 Å². The van der Waals surface area contributed by atoms with E-state index in [2.05, 4.69) is 35.8 Å². The molecule has 3 aromatic heterocycles. The topological polar surface area (TPSA) is 81.8 Å². The molecule has 7 nitrogen and oxygen atoms in total. The fraction of sp³-hybridized carbons (Fsp3) is 0.316. The number of fused-ring (bicyclic) bond motifs is 2. The third kappa shape index (κ3) is 2.42. The Morgan fingerprint density at radius 3 is 2.46 bits per heavy atom. The third-order valence-electron chi connectivity index (χ3n) is 5.40. The van der Waals surface area contributed by atoms with Gasteiger partial charge in [0.1, 0.15) is 24.0 Å². The number of rotatable bonds is 2. The van der Waals surface area contributed by atoms with Gasteiger partial charge in [-0.1, -0.05) is 0 Å². The molecule has 0 aliphatic carbocycles. The molecule has 5 rings (SSSR count). The molecular formula is C19H17N7. The van der Waals surface area contributed by atoms with Crippen molar-refractivity contribution in [1.82, 2.24) is 19.9 Å². The summed E-state index contributed by atoms with van der Waals surface area (Å²) in [6, 6.07) is 7.89. The highest BCUT2D eigenvalue weighted by Crippen LogP contribution is 2.36. The molecule has 3 aromatic rings. The molecule has 0 spiro atoms. The predicted molar refractivity (Wildman–Crippen MR) is 97.7 cm³/mol. The first-order valence-corrected chi connectivity index (χ1v) is 8.72. The average molecular weight is 343 g/mol. The van der Waals surface area contributed by atoms with Crippen LogP contribution < -0.4 is 9.80 Å². The Labute approximate surface area is 151 Å². The maximum absolute atomic E-state index is 8.91. The zero-order chi connectivity index (χ0) is 17.5. The molecule has 0 bridgehead atoms. The first-order valence-electron chi connectivity index (χ1n) is 8.72. The normalized spacial score (nSPS) is 21.8. The van der Waals surface area contributed by atoms with Crippen LogP contribution in [0.2, 0.25) is 0 Å².